The summed E-state index contributed by atoms with van der Waals surface area (Å²) in [5.41, 5.74) is 0.760. The van der Waals surface area contributed by atoms with Gasteiger partial charge in [-0.05, 0) is 62.2 Å². The molecule has 0 aromatic heterocycles. The molecule has 2 unspecified atom stereocenters. The van der Waals surface area contributed by atoms with Gasteiger partial charge in [-0.25, -0.2) is 0 Å². The number of ether oxygens (including phenoxy) is 2. The number of carbonyl (C=O) groups excluding carboxylic acids is 2. The zero-order chi connectivity index (χ0) is 23.0. The van der Waals surface area contributed by atoms with E-state index in [0.717, 1.165) is 12.0 Å². The van der Waals surface area contributed by atoms with Crippen molar-refractivity contribution >= 4 is 35.0 Å². The zero-order valence-electron chi connectivity index (χ0n) is 18.2. The van der Waals surface area contributed by atoms with Crippen LogP contribution in [-0.4, -0.2) is 42.5 Å². The number of carbonyl (C=O) groups is 2. The van der Waals surface area contributed by atoms with Gasteiger partial charge in [0.2, 0.25) is 5.91 Å². The standard InChI is InChI=1S/C23H28Cl2N2O4/c1-5-15(2)26-23(29)16(3)27(13-17-6-11-20(24)21(25)12-17)22(28)14-31-19-9-7-18(30-4)8-10-19/h6-12,15-16H,5,13-14H2,1-4H3,(H,26,29). The van der Waals surface area contributed by atoms with Gasteiger partial charge in [-0.3, -0.25) is 9.59 Å². The van der Waals surface area contributed by atoms with Crippen LogP contribution in [0.1, 0.15) is 32.8 Å². The molecule has 2 aromatic rings. The van der Waals surface area contributed by atoms with E-state index in [-0.39, 0.29) is 31.0 Å². The van der Waals surface area contributed by atoms with Gasteiger partial charge in [0.1, 0.15) is 17.5 Å². The van der Waals surface area contributed by atoms with Gasteiger partial charge < -0.3 is 19.7 Å². The van der Waals surface area contributed by atoms with Gasteiger partial charge in [-0.1, -0.05) is 36.2 Å². The van der Waals surface area contributed by atoms with Crippen LogP contribution in [0.25, 0.3) is 0 Å². The van der Waals surface area contributed by atoms with Crippen LogP contribution < -0.4 is 14.8 Å². The van der Waals surface area contributed by atoms with Crippen LogP contribution in [0.3, 0.4) is 0 Å². The number of hydrogen-bond acceptors (Lipinski definition) is 4. The lowest BCUT2D eigenvalue weighted by atomic mass is 10.1. The van der Waals surface area contributed by atoms with Crippen LogP contribution in [-0.2, 0) is 16.1 Å². The molecule has 6 nitrogen and oxygen atoms in total. The van der Waals surface area contributed by atoms with E-state index < -0.39 is 6.04 Å². The Morgan fingerprint density at radius 2 is 1.68 bits per heavy atom. The van der Waals surface area contributed by atoms with Gasteiger partial charge in [-0.2, -0.15) is 0 Å². The summed E-state index contributed by atoms with van der Waals surface area (Å²) in [5, 5.41) is 3.73. The number of amides is 2. The Balaban J connectivity index is 2.16. The van der Waals surface area contributed by atoms with Crippen molar-refractivity contribution in [3.8, 4) is 11.5 Å². The Morgan fingerprint density at radius 3 is 2.26 bits per heavy atom. The average molecular weight is 467 g/mol. The molecule has 0 bridgehead atoms. The van der Waals surface area contributed by atoms with E-state index >= 15 is 0 Å². The first-order valence-electron chi connectivity index (χ1n) is 10.1. The summed E-state index contributed by atoms with van der Waals surface area (Å²) in [6.45, 7) is 5.57. The molecule has 0 aliphatic rings. The molecule has 0 radical (unpaired) electrons. The summed E-state index contributed by atoms with van der Waals surface area (Å²) in [4.78, 5) is 27.2. The fourth-order valence-electron chi connectivity index (χ4n) is 2.78. The maximum absolute atomic E-state index is 13.0. The topological polar surface area (TPSA) is 67.9 Å². The van der Waals surface area contributed by atoms with Crippen LogP contribution in [0, 0.1) is 0 Å². The number of rotatable bonds is 10. The molecule has 2 rings (SSSR count). The van der Waals surface area contributed by atoms with Crippen molar-refractivity contribution in [3.05, 3.63) is 58.1 Å². The third-order valence-corrected chi connectivity index (χ3v) is 5.67. The van der Waals surface area contributed by atoms with Crippen molar-refractivity contribution in [2.75, 3.05) is 13.7 Å². The van der Waals surface area contributed by atoms with E-state index in [2.05, 4.69) is 5.32 Å². The van der Waals surface area contributed by atoms with Crippen LogP contribution >= 0.6 is 23.2 Å². The average Bonchev–Trinajstić information content (AvgIpc) is 2.77. The summed E-state index contributed by atoms with van der Waals surface area (Å²) in [5.74, 6) is 0.663. The molecule has 0 saturated carbocycles. The van der Waals surface area contributed by atoms with Gasteiger partial charge in [0.25, 0.3) is 5.91 Å². The Bertz CT molecular complexity index is 890. The maximum atomic E-state index is 13.0. The largest absolute Gasteiger partial charge is 0.497 e. The molecule has 0 heterocycles. The highest BCUT2D eigenvalue weighted by atomic mass is 35.5. The SMILES string of the molecule is CCC(C)NC(=O)C(C)N(Cc1ccc(Cl)c(Cl)c1)C(=O)COc1ccc(OC)cc1. The summed E-state index contributed by atoms with van der Waals surface area (Å²) >= 11 is 12.1. The number of nitrogens with zero attached hydrogens (tertiary/aromatic N) is 1. The smallest absolute Gasteiger partial charge is 0.261 e. The number of methoxy groups -OCH3 is 1. The highest BCUT2D eigenvalue weighted by molar-refractivity contribution is 6.42. The molecule has 168 valence electrons. The van der Waals surface area contributed by atoms with Crippen molar-refractivity contribution < 1.29 is 19.1 Å². The predicted octanol–water partition coefficient (Wildman–Crippen LogP) is 4.71. The maximum Gasteiger partial charge on any atom is 0.261 e. The predicted molar refractivity (Wildman–Crippen MR) is 123 cm³/mol. The summed E-state index contributed by atoms with van der Waals surface area (Å²) in [6, 6.07) is 11.4. The molecule has 0 fully saturated rings. The van der Waals surface area contributed by atoms with Crippen LogP contribution in [0.15, 0.2) is 42.5 Å². The van der Waals surface area contributed by atoms with E-state index in [1.807, 2.05) is 13.8 Å². The third-order valence-electron chi connectivity index (χ3n) is 4.93. The van der Waals surface area contributed by atoms with E-state index in [0.29, 0.717) is 21.5 Å². The van der Waals surface area contributed by atoms with Crippen molar-refractivity contribution in [2.45, 2.75) is 45.8 Å². The molecule has 0 aliphatic heterocycles. The Morgan fingerprint density at radius 1 is 1.03 bits per heavy atom. The first-order chi connectivity index (χ1) is 14.7. The molecule has 2 atom stereocenters. The lowest BCUT2D eigenvalue weighted by molar-refractivity contribution is -0.142. The van der Waals surface area contributed by atoms with E-state index in [1.165, 1.54) is 4.90 Å². The van der Waals surface area contributed by atoms with Crippen LogP contribution in [0.5, 0.6) is 11.5 Å². The first-order valence-corrected chi connectivity index (χ1v) is 10.8. The normalized spacial score (nSPS) is 12.6. The Kier molecular flexibility index (Phi) is 9.46. The minimum atomic E-state index is -0.699. The molecule has 0 aliphatic carbocycles. The molecular weight excluding hydrogens is 439 g/mol. The second kappa shape index (κ2) is 11.8. The molecule has 0 spiro atoms. The Labute approximate surface area is 193 Å². The van der Waals surface area contributed by atoms with Gasteiger partial charge in [0, 0.05) is 12.6 Å². The highest BCUT2D eigenvalue weighted by Crippen LogP contribution is 2.24. The summed E-state index contributed by atoms with van der Waals surface area (Å²) in [7, 11) is 1.58. The lowest BCUT2D eigenvalue weighted by Crippen LogP contribution is -2.50. The Hall–Kier alpha value is -2.44. The minimum absolute atomic E-state index is 0.00688. The summed E-state index contributed by atoms with van der Waals surface area (Å²) < 4.78 is 10.8. The van der Waals surface area contributed by atoms with Gasteiger partial charge in [-0.15, -0.1) is 0 Å². The van der Waals surface area contributed by atoms with E-state index in [4.69, 9.17) is 32.7 Å². The number of nitrogens with one attached hydrogen (secondary N) is 1. The van der Waals surface area contributed by atoms with Crippen molar-refractivity contribution in [1.82, 2.24) is 10.2 Å². The second-order valence-corrected chi connectivity index (χ2v) is 8.04. The quantitative estimate of drug-likeness (QED) is 0.550. The van der Waals surface area contributed by atoms with Crippen LogP contribution in [0.2, 0.25) is 10.0 Å². The van der Waals surface area contributed by atoms with Gasteiger partial charge in [0.05, 0.1) is 17.2 Å². The van der Waals surface area contributed by atoms with Crippen molar-refractivity contribution in [1.29, 1.82) is 0 Å². The van der Waals surface area contributed by atoms with Crippen molar-refractivity contribution in [3.63, 3.8) is 0 Å². The molecule has 2 aromatic carbocycles. The molecule has 31 heavy (non-hydrogen) atoms. The lowest BCUT2D eigenvalue weighted by Gasteiger charge is -2.29. The molecular formula is C23H28Cl2N2O4. The highest BCUT2D eigenvalue weighted by Gasteiger charge is 2.27. The van der Waals surface area contributed by atoms with Crippen LogP contribution in [0.4, 0.5) is 0 Å². The number of hydrogen-bond donors (Lipinski definition) is 1. The zero-order valence-corrected chi connectivity index (χ0v) is 19.7. The van der Waals surface area contributed by atoms with Crippen molar-refractivity contribution in [2.24, 2.45) is 0 Å². The first kappa shape index (κ1) is 24.8. The number of benzene rings is 2. The minimum Gasteiger partial charge on any atom is -0.497 e. The third kappa shape index (κ3) is 7.33. The van der Waals surface area contributed by atoms with Gasteiger partial charge >= 0.3 is 0 Å². The van der Waals surface area contributed by atoms with Gasteiger partial charge in [0.15, 0.2) is 6.61 Å². The molecule has 1 N–H and O–H groups in total. The van der Waals surface area contributed by atoms with E-state index in [1.54, 1.807) is 56.5 Å². The molecule has 0 saturated heterocycles. The van der Waals surface area contributed by atoms with E-state index in [9.17, 15) is 9.59 Å². The second-order valence-electron chi connectivity index (χ2n) is 7.23. The fraction of sp³-hybridized carbons (Fsp3) is 0.391. The monoisotopic (exact) mass is 466 g/mol. The molecule has 2 amide bonds. The molecule has 8 heteroatoms. The number of halogens is 2. The summed E-state index contributed by atoms with van der Waals surface area (Å²) in [6.07, 6.45) is 0.791. The fourth-order valence-corrected chi connectivity index (χ4v) is 3.10.